The molecule has 0 N–H and O–H groups in total. The van der Waals surface area contributed by atoms with Gasteiger partial charge in [0.15, 0.2) is 0 Å². The molecule has 2 heteroatoms. The Kier molecular flexibility index (Phi) is 10.4. The second kappa shape index (κ2) is 12.3. The minimum Gasteiger partial charge on any atom is -0.465 e. The summed E-state index contributed by atoms with van der Waals surface area (Å²) in [6.45, 7) is 8.72. The van der Waals surface area contributed by atoms with Crippen molar-refractivity contribution in [3.05, 3.63) is 70.3 Å². The van der Waals surface area contributed by atoms with Gasteiger partial charge in [0.05, 0.1) is 12.7 Å². The molecule has 0 aliphatic heterocycles. The number of carbonyl (C=O) groups excluding carboxylic acids is 1. The Balaban J connectivity index is 2.43. The maximum absolute atomic E-state index is 11.8. The van der Waals surface area contributed by atoms with Crippen molar-refractivity contribution >= 4 is 5.97 Å². The molecule has 1 aromatic rings. The van der Waals surface area contributed by atoms with E-state index in [4.69, 9.17) is 4.74 Å². The van der Waals surface area contributed by atoms with Crippen molar-refractivity contribution in [1.29, 1.82) is 0 Å². The number of allylic oxidation sites excluding steroid dienone is 6. The van der Waals surface area contributed by atoms with Crippen molar-refractivity contribution in [1.82, 2.24) is 0 Å². The van der Waals surface area contributed by atoms with Gasteiger partial charge in [-0.05, 0) is 77.8 Å². The van der Waals surface area contributed by atoms with Crippen molar-refractivity contribution in [2.75, 3.05) is 7.11 Å². The largest absolute Gasteiger partial charge is 0.465 e. The maximum atomic E-state index is 11.8. The molecule has 0 fully saturated rings. The standard InChI is InChI=1S/C24H34O2/c1-19(2)11-8-12-20(3)13-9-14-21(4)15-10-17-22-16-6-7-18-23(22)24(25)26-5/h6-7,11,13,15-16,18H,8-10,12,14,17H2,1-5H3/b20-13+,21-15+. The lowest BCUT2D eigenvalue weighted by molar-refractivity contribution is 0.0599. The molecule has 0 unspecified atom stereocenters. The molecule has 0 radical (unpaired) electrons. The van der Waals surface area contributed by atoms with E-state index in [1.54, 1.807) is 0 Å². The van der Waals surface area contributed by atoms with E-state index >= 15 is 0 Å². The Morgan fingerprint density at radius 2 is 1.46 bits per heavy atom. The molecular weight excluding hydrogens is 320 g/mol. The van der Waals surface area contributed by atoms with Crippen molar-refractivity contribution in [2.24, 2.45) is 0 Å². The van der Waals surface area contributed by atoms with Crippen LogP contribution in [0.5, 0.6) is 0 Å². The predicted octanol–water partition coefficient (Wildman–Crippen LogP) is 6.83. The zero-order chi connectivity index (χ0) is 19.4. The topological polar surface area (TPSA) is 26.3 Å². The number of benzene rings is 1. The van der Waals surface area contributed by atoms with Gasteiger partial charge in [0, 0.05) is 0 Å². The molecule has 0 amide bonds. The highest BCUT2D eigenvalue weighted by atomic mass is 16.5. The fourth-order valence-electron chi connectivity index (χ4n) is 2.86. The van der Waals surface area contributed by atoms with Crippen LogP contribution in [0.3, 0.4) is 0 Å². The van der Waals surface area contributed by atoms with Gasteiger partial charge in [-0.25, -0.2) is 4.79 Å². The van der Waals surface area contributed by atoms with Gasteiger partial charge in [-0.15, -0.1) is 0 Å². The molecule has 0 atom stereocenters. The highest BCUT2D eigenvalue weighted by molar-refractivity contribution is 5.90. The second-order valence-electron chi connectivity index (χ2n) is 7.15. The first kappa shape index (κ1) is 22.0. The molecule has 0 aromatic heterocycles. The quantitative estimate of drug-likeness (QED) is 0.340. The average Bonchev–Trinajstić information content (AvgIpc) is 2.61. The van der Waals surface area contributed by atoms with Crippen LogP contribution in [-0.4, -0.2) is 13.1 Å². The van der Waals surface area contributed by atoms with Crippen LogP contribution in [-0.2, 0) is 11.2 Å². The predicted molar refractivity (Wildman–Crippen MR) is 112 cm³/mol. The summed E-state index contributed by atoms with van der Waals surface area (Å²) in [4.78, 5) is 11.8. The van der Waals surface area contributed by atoms with Crippen molar-refractivity contribution in [3.8, 4) is 0 Å². The highest BCUT2D eigenvalue weighted by Gasteiger charge is 2.09. The molecule has 1 aromatic carbocycles. The minimum absolute atomic E-state index is 0.255. The number of hydrogen-bond donors (Lipinski definition) is 0. The van der Waals surface area contributed by atoms with Crippen LogP contribution in [0.2, 0.25) is 0 Å². The molecule has 2 nitrogen and oxygen atoms in total. The fourth-order valence-corrected chi connectivity index (χ4v) is 2.86. The first-order valence-electron chi connectivity index (χ1n) is 9.55. The molecule has 0 aliphatic rings. The van der Waals surface area contributed by atoms with E-state index in [2.05, 4.69) is 45.9 Å². The summed E-state index contributed by atoms with van der Waals surface area (Å²) in [6.07, 6.45) is 13.2. The first-order valence-corrected chi connectivity index (χ1v) is 9.55. The molecule has 142 valence electrons. The van der Waals surface area contributed by atoms with Gasteiger partial charge in [0.2, 0.25) is 0 Å². The SMILES string of the molecule is COC(=O)c1ccccc1CC/C=C(\C)CC/C=C(\C)CCC=C(C)C. The number of ether oxygens (including phenoxy) is 1. The van der Waals surface area contributed by atoms with Crippen LogP contribution in [0.1, 0.15) is 75.7 Å². The summed E-state index contributed by atoms with van der Waals surface area (Å²) in [5.74, 6) is -0.255. The Bertz CT molecular complexity index is 659. The van der Waals surface area contributed by atoms with E-state index in [0.29, 0.717) is 5.56 Å². The average molecular weight is 355 g/mol. The molecular formula is C24H34O2. The summed E-state index contributed by atoms with van der Waals surface area (Å²) in [5, 5.41) is 0. The Labute approximate surface area is 159 Å². The maximum Gasteiger partial charge on any atom is 0.338 e. The summed E-state index contributed by atoms with van der Waals surface area (Å²) in [6, 6.07) is 7.69. The third kappa shape index (κ3) is 8.84. The zero-order valence-electron chi connectivity index (χ0n) is 17.1. The number of methoxy groups -OCH3 is 1. The Morgan fingerprint density at radius 1 is 0.885 bits per heavy atom. The Morgan fingerprint density at radius 3 is 2.08 bits per heavy atom. The van der Waals surface area contributed by atoms with Gasteiger partial charge in [-0.3, -0.25) is 0 Å². The van der Waals surface area contributed by atoms with E-state index in [0.717, 1.165) is 44.1 Å². The molecule has 0 heterocycles. The van der Waals surface area contributed by atoms with Crippen LogP contribution in [0.15, 0.2) is 59.2 Å². The van der Waals surface area contributed by atoms with Gasteiger partial charge in [0.1, 0.15) is 0 Å². The van der Waals surface area contributed by atoms with Crippen molar-refractivity contribution < 1.29 is 9.53 Å². The van der Waals surface area contributed by atoms with E-state index in [9.17, 15) is 4.79 Å². The second-order valence-corrected chi connectivity index (χ2v) is 7.15. The summed E-state index contributed by atoms with van der Waals surface area (Å²) >= 11 is 0. The Hall–Kier alpha value is -2.09. The zero-order valence-corrected chi connectivity index (χ0v) is 17.1. The van der Waals surface area contributed by atoms with Gasteiger partial charge in [-0.1, -0.05) is 53.1 Å². The van der Waals surface area contributed by atoms with E-state index in [-0.39, 0.29) is 5.97 Å². The number of hydrogen-bond acceptors (Lipinski definition) is 2. The highest BCUT2D eigenvalue weighted by Crippen LogP contribution is 2.15. The first-order chi connectivity index (χ1) is 12.4. The number of rotatable bonds is 10. The summed E-state index contributed by atoms with van der Waals surface area (Å²) in [7, 11) is 1.43. The number of esters is 1. The van der Waals surface area contributed by atoms with Gasteiger partial charge in [0.25, 0.3) is 0 Å². The van der Waals surface area contributed by atoms with Crippen LogP contribution < -0.4 is 0 Å². The number of aryl methyl sites for hydroxylation is 1. The van der Waals surface area contributed by atoms with Crippen LogP contribution in [0.4, 0.5) is 0 Å². The third-order valence-electron chi connectivity index (χ3n) is 4.45. The molecule has 1 rings (SSSR count). The minimum atomic E-state index is -0.255. The van der Waals surface area contributed by atoms with Crippen molar-refractivity contribution in [2.45, 2.75) is 66.2 Å². The normalized spacial score (nSPS) is 12.0. The summed E-state index contributed by atoms with van der Waals surface area (Å²) in [5.41, 5.74) is 6.01. The fraction of sp³-hybridized carbons (Fsp3) is 0.458. The molecule has 0 aliphatic carbocycles. The molecule has 26 heavy (non-hydrogen) atoms. The molecule has 0 bridgehead atoms. The van der Waals surface area contributed by atoms with E-state index in [1.165, 1.54) is 23.8 Å². The van der Waals surface area contributed by atoms with Gasteiger partial charge < -0.3 is 4.74 Å². The summed E-state index contributed by atoms with van der Waals surface area (Å²) < 4.78 is 4.86. The lowest BCUT2D eigenvalue weighted by Crippen LogP contribution is -2.05. The lowest BCUT2D eigenvalue weighted by Gasteiger charge is -2.07. The van der Waals surface area contributed by atoms with Crippen molar-refractivity contribution in [3.63, 3.8) is 0 Å². The van der Waals surface area contributed by atoms with Gasteiger partial charge >= 0.3 is 5.97 Å². The lowest BCUT2D eigenvalue weighted by atomic mass is 10.0. The van der Waals surface area contributed by atoms with Crippen LogP contribution in [0, 0.1) is 0 Å². The van der Waals surface area contributed by atoms with Gasteiger partial charge in [-0.2, -0.15) is 0 Å². The monoisotopic (exact) mass is 354 g/mol. The number of carbonyl (C=O) groups is 1. The molecule has 0 saturated heterocycles. The third-order valence-corrected chi connectivity index (χ3v) is 4.45. The van der Waals surface area contributed by atoms with E-state index < -0.39 is 0 Å². The van der Waals surface area contributed by atoms with Crippen LogP contribution >= 0.6 is 0 Å². The van der Waals surface area contributed by atoms with Crippen LogP contribution in [0.25, 0.3) is 0 Å². The molecule has 0 saturated carbocycles. The smallest absolute Gasteiger partial charge is 0.338 e. The van der Waals surface area contributed by atoms with E-state index in [1.807, 2.05) is 24.3 Å². The molecule has 0 spiro atoms.